The highest BCUT2D eigenvalue weighted by molar-refractivity contribution is 6.30. The SMILES string of the molecule is CC(C(=O)O)C(C)C(=O)Nc1ccc(Cl)cc1C(F)(F)F. The molecule has 116 valence electrons. The third-order valence-corrected chi connectivity index (χ3v) is 3.33. The van der Waals surface area contributed by atoms with Gasteiger partial charge in [-0.2, -0.15) is 13.2 Å². The third-order valence-electron chi connectivity index (χ3n) is 3.10. The molecule has 4 nitrogen and oxygen atoms in total. The van der Waals surface area contributed by atoms with Crippen molar-refractivity contribution in [2.45, 2.75) is 20.0 Å². The maximum absolute atomic E-state index is 12.9. The zero-order valence-electron chi connectivity index (χ0n) is 11.2. The van der Waals surface area contributed by atoms with Crippen LogP contribution in [0.25, 0.3) is 0 Å². The number of carbonyl (C=O) groups excluding carboxylic acids is 1. The minimum absolute atomic E-state index is 0.118. The molecule has 0 aromatic heterocycles. The standard InChI is InChI=1S/C13H13ClF3NO3/c1-6(7(2)12(20)21)11(19)18-10-4-3-8(14)5-9(10)13(15,16)17/h3-7H,1-2H3,(H,18,19)(H,20,21). The van der Waals surface area contributed by atoms with Crippen molar-refractivity contribution in [2.24, 2.45) is 11.8 Å². The number of carboxylic acid groups (broad SMARTS) is 1. The molecule has 0 aliphatic rings. The summed E-state index contributed by atoms with van der Waals surface area (Å²) in [5, 5.41) is 10.8. The van der Waals surface area contributed by atoms with Crippen molar-refractivity contribution in [3.8, 4) is 0 Å². The van der Waals surface area contributed by atoms with Crippen LogP contribution in [0.1, 0.15) is 19.4 Å². The Balaban J connectivity index is 3.03. The topological polar surface area (TPSA) is 66.4 Å². The van der Waals surface area contributed by atoms with E-state index in [4.69, 9.17) is 16.7 Å². The quantitative estimate of drug-likeness (QED) is 0.888. The van der Waals surface area contributed by atoms with Gasteiger partial charge in [0, 0.05) is 10.9 Å². The van der Waals surface area contributed by atoms with Crippen molar-refractivity contribution in [3.63, 3.8) is 0 Å². The van der Waals surface area contributed by atoms with Gasteiger partial charge in [-0.3, -0.25) is 9.59 Å². The summed E-state index contributed by atoms with van der Waals surface area (Å²) in [6.07, 6.45) is -4.69. The van der Waals surface area contributed by atoms with Gasteiger partial charge in [0.05, 0.1) is 17.2 Å². The van der Waals surface area contributed by atoms with E-state index in [9.17, 15) is 22.8 Å². The van der Waals surface area contributed by atoms with Gasteiger partial charge in [0.2, 0.25) is 5.91 Å². The average molecular weight is 324 g/mol. The zero-order chi connectivity index (χ0) is 16.4. The smallest absolute Gasteiger partial charge is 0.418 e. The Hall–Kier alpha value is -1.76. The van der Waals surface area contributed by atoms with Gasteiger partial charge in [-0.1, -0.05) is 25.4 Å². The molecular formula is C13H13ClF3NO3. The van der Waals surface area contributed by atoms with Gasteiger partial charge in [0.15, 0.2) is 0 Å². The number of amides is 1. The molecule has 2 atom stereocenters. The van der Waals surface area contributed by atoms with E-state index in [1.165, 1.54) is 19.9 Å². The molecule has 2 N–H and O–H groups in total. The third kappa shape index (κ3) is 4.35. The van der Waals surface area contributed by atoms with Crippen LogP contribution in [0.2, 0.25) is 5.02 Å². The molecule has 2 unspecified atom stereocenters. The molecule has 0 heterocycles. The van der Waals surface area contributed by atoms with E-state index in [2.05, 4.69) is 5.32 Å². The van der Waals surface area contributed by atoms with Crippen LogP contribution < -0.4 is 5.32 Å². The van der Waals surface area contributed by atoms with Crippen LogP contribution in [0, 0.1) is 11.8 Å². The van der Waals surface area contributed by atoms with Crippen molar-refractivity contribution < 1.29 is 27.9 Å². The van der Waals surface area contributed by atoms with Crippen LogP contribution in [0.15, 0.2) is 18.2 Å². The van der Waals surface area contributed by atoms with Gasteiger partial charge < -0.3 is 10.4 Å². The van der Waals surface area contributed by atoms with E-state index in [0.717, 1.165) is 6.07 Å². The van der Waals surface area contributed by atoms with Gasteiger partial charge in [-0.25, -0.2) is 0 Å². The van der Waals surface area contributed by atoms with Crippen LogP contribution >= 0.6 is 11.6 Å². The Morgan fingerprint density at radius 3 is 2.29 bits per heavy atom. The lowest BCUT2D eigenvalue weighted by atomic mass is 9.95. The van der Waals surface area contributed by atoms with E-state index in [1.807, 2.05) is 0 Å². The first kappa shape index (κ1) is 17.3. The summed E-state index contributed by atoms with van der Waals surface area (Å²) in [6.45, 7) is 2.64. The first-order valence-corrected chi connectivity index (χ1v) is 6.32. The number of aliphatic carboxylic acids is 1. The van der Waals surface area contributed by atoms with E-state index < -0.39 is 41.1 Å². The summed E-state index contributed by atoms with van der Waals surface area (Å²) in [5.41, 5.74) is -1.54. The van der Waals surface area contributed by atoms with Gasteiger partial charge in [0.25, 0.3) is 0 Å². The number of rotatable bonds is 4. The maximum Gasteiger partial charge on any atom is 0.418 e. The highest BCUT2D eigenvalue weighted by atomic mass is 35.5. The first-order chi connectivity index (χ1) is 9.54. The van der Waals surface area contributed by atoms with Gasteiger partial charge in [0.1, 0.15) is 0 Å². The number of hydrogen-bond donors (Lipinski definition) is 2. The molecule has 1 rings (SSSR count). The summed E-state index contributed by atoms with van der Waals surface area (Å²) < 4.78 is 38.6. The fourth-order valence-electron chi connectivity index (χ4n) is 1.55. The molecule has 0 aliphatic heterocycles. The van der Waals surface area contributed by atoms with Crippen molar-refractivity contribution in [3.05, 3.63) is 28.8 Å². The number of anilines is 1. The number of benzene rings is 1. The summed E-state index contributed by atoms with van der Waals surface area (Å²) in [7, 11) is 0. The highest BCUT2D eigenvalue weighted by Crippen LogP contribution is 2.36. The van der Waals surface area contributed by atoms with Gasteiger partial charge >= 0.3 is 12.1 Å². The van der Waals surface area contributed by atoms with E-state index in [1.54, 1.807) is 0 Å². The number of alkyl halides is 3. The lowest BCUT2D eigenvalue weighted by molar-refractivity contribution is -0.145. The van der Waals surface area contributed by atoms with Crippen LogP contribution in [0.3, 0.4) is 0 Å². The summed E-state index contributed by atoms with van der Waals surface area (Å²) in [6, 6.07) is 2.93. The Labute approximate surface area is 123 Å². The van der Waals surface area contributed by atoms with E-state index in [0.29, 0.717) is 6.07 Å². The zero-order valence-corrected chi connectivity index (χ0v) is 11.9. The van der Waals surface area contributed by atoms with Crippen LogP contribution in [-0.2, 0) is 15.8 Å². The van der Waals surface area contributed by atoms with E-state index >= 15 is 0 Å². The maximum atomic E-state index is 12.9. The number of carbonyl (C=O) groups is 2. The lowest BCUT2D eigenvalue weighted by Gasteiger charge is -2.18. The Morgan fingerprint density at radius 2 is 1.81 bits per heavy atom. The summed E-state index contributed by atoms with van der Waals surface area (Å²) in [5.74, 6) is -4.02. The number of hydrogen-bond acceptors (Lipinski definition) is 2. The largest absolute Gasteiger partial charge is 0.481 e. The number of nitrogens with one attached hydrogen (secondary N) is 1. The minimum atomic E-state index is -4.69. The van der Waals surface area contributed by atoms with Crippen molar-refractivity contribution in [1.82, 2.24) is 0 Å². The molecule has 0 spiro atoms. The Morgan fingerprint density at radius 1 is 1.24 bits per heavy atom. The molecule has 0 saturated heterocycles. The first-order valence-electron chi connectivity index (χ1n) is 5.94. The molecule has 0 saturated carbocycles. The lowest BCUT2D eigenvalue weighted by Crippen LogP contribution is -2.30. The van der Waals surface area contributed by atoms with Crippen molar-refractivity contribution in [1.29, 1.82) is 0 Å². The fourth-order valence-corrected chi connectivity index (χ4v) is 1.72. The Bertz CT molecular complexity index is 560. The Kier molecular flexibility index (Phi) is 5.22. The monoisotopic (exact) mass is 323 g/mol. The molecular weight excluding hydrogens is 311 g/mol. The number of carboxylic acids is 1. The predicted molar refractivity (Wildman–Crippen MR) is 71.0 cm³/mol. The van der Waals surface area contributed by atoms with Gasteiger partial charge in [-0.05, 0) is 18.2 Å². The summed E-state index contributed by atoms with van der Waals surface area (Å²) in [4.78, 5) is 22.6. The van der Waals surface area contributed by atoms with Crippen molar-refractivity contribution in [2.75, 3.05) is 5.32 Å². The summed E-state index contributed by atoms with van der Waals surface area (Å²) >= 11 is 5.52. The second kappa shape index (κ2) is 6.34. The second-order valence-electron chi connectivity index (χ2n) is 4.59. The minimum Gasteiger partial charge on any atom is -0.481 e. The molecule has 1 amide bonds. The molecule has 0 aliphatic carbocycles. The predicted octanol–water partition coefficient (Wildman–Crippen LogP) is 3.65. The van der Waals surface area contributed by atoms with Crippen LogP contribution in [0.5, 0.6) is 0 Å². The molecule has 1 aromatic carbocycles. The average Bonchev–Trinajstić information content (AvgIpc) is 2.37. The van der Waals surface area contributed by atoms with Crippen LogP contribution in [-0.4, -0.2) is 17.0 Å². The normalized spacial score (nSPS) is 14.4. The molecule has 21 heavy (non-hydrogen) atoms. The van der Waals surface area contributed by atoms with Gasteiger partial charge in [-0.15, -0.1) is 0 Å². The second-order valence-corrected chi connectivity index (χ2v) is 5.03. The highest BCUT2D eigenvalue weighted by Gasteiger charge is 2.35. The molecule has 0 radical (unpaired) electrons. The molecule has 0 fully saturated rings. The molecule has 8 heteroatoms. The van der Waals surface area contributed by atoms with E-state index in [-0.39, 0.29) is 5.02 Å². The van der Waals surface area contributed by atoms with Crippen LogP contribution in [0.4, 0.5) is 18.9 Å². The number of halogens is 4. The fraction of sp³-hybridized carbons (Fsp3) is 0.385. The molecule has 1 aromatic rings. The molecule has 0 bridgehead atoms. The van der Waals surface area contributed by atoms with Crippen molar-refractivity contribution >= 4 is 29.2 Å².